The van der Waals surface area contributed by atoms with Gasteiger partial charge in [-0.15, -0.1) is 0 Å². The van der Waals surface area contributed by atoms with Gasteiger partial charge in [-0.05, 0) is 12.0 Å². The molecule has 1 aliphatic heterocycles. The summed E-state index contributed by atoms with van der Waals surface area (Å²) in [5, 5.41) is 4.30. The molecule has 1 rings (SSSR count). The minimum absolute atomic E-state index is 0.396. The van der Waals surface area contributed by atoms with Gasteiger partial charge in [-0.25, -0.2) is 5.32 Å². The van der Waals surface area contributed by atoms with Crippen molar-refractivity contribution in [3.8, 4) is 0 Å². The number of hydrogen-bond donors (Lipinski definition) is 0. The monoisotopic (exact) mass is 160 g/mol. The highest BCUT2D eigenvalue weighted by atomic mass is 32.2. The van der Waals surface area contributed by atoms with E-state index in [4.69, 9.17) is 4.74 Å². The first kappa shape index (κ1) is 8.37. The maximum atomic E-state index is 5.27. The molecule has 0 aromatic carbocycles. The lowest BCUT2D eigenvalue weighted by molar-refractivity contribution is 0.0906. The van der Waals surface area contributed by atoms with Crippen LogP contribution in [-0.4, -0.2) is 38.3 Å². The van der Waals surface area contributed by atoms with E-state index in [1.165, 1.54) is 5.75 Å². The molecule has 0 bridgehead atoms. The van der Waals surface area contributed by atoms with Crippen LogP contribution >= 0.6 is 11.8 Å². The summed E-state index contributed by atoms with van der Waals surface area (Å²) in [5.74, 6) is 1.85. The van der Waals surface area contributed by atoms with Crippen LogP contribution in [0.15, 0.2) is 0 Å². The van der Waals surface area contributed by atoms with E-state index in [1.54, 1.807) is 7.11 Å². The molecule has 1 fully saturated rings. The van der Waals surface area contributed by atoms with Crippen molar-refractivity contribution in [2.24, 2.45) is 5.92 Å². The standard InChI is InChI=1S/C7H14NOS/c1-9-7-4-8-3-6(7)5-10-2/h6-7H,3-5H2,1-2H3. The molecule has 59 valence electrons. The van der Waals surface area contributed by atoms with E-state index in [0.717, 1.165) is 13.1 Å². The van der Waals surface area contributed by atoms with Crippen molar-refractivity contribution >= 4 is 11.8 Å². The molecule has 0 aromatic rings. The minimum atomic E-state index is 0.396. The van der Waals surface area contributed by atoms with Crippen molar-refractivity contribution in [3.05, 3.63) is 0 Å². The van der Waals surface area contributed by atoms with Crippen LogP contribution in [0.25, 0.3) is 0 Å². The van der Waals surface area contributed by atoms with Crippen LogP contribution in [0.5, 0.6) is 0 Å². The van der Waals surface area contributed by atoms with Gasteiger partial charge in [0.05, 0.1) is 6.10 Å². The third-order valence-corrected chi connectivity index (χ3v) is 2.64. The maximum absolute atomic E-state index is 5.27. The third kappa shape index (κ3) is 1.87. The molecule has 0 aromatic heterocycles. The number of rotatable bonds is 3. The lowest BCUT2D eigenvalue weighted by Gasteiger charge is -2.14. The number of hydrogen-bond acceptors (Lipinski definition) is 2. The van der Waals surface area contributed by atoms with Crippen molar-refractivity contribution in [2.45, 2.75) is 6.10 Å². The SMILES string of the molecule is COC1C[N]CC1CSC. The summed E-state index contributed by atoms with van der Waals surface area (Å²) in [6, 6.07) is 0. The van der Waals surface area contributed by atoms with Gasteiger partial charge >= 0.3 is 0 Å². The fourth-order valence-corrected chi connectivity index (χ4v) is 2.02. The molecule has 1 aliphatic rings. The molecule has 0 aliphatic carbocycles. The highest BCUT2D eigenvalue weighted by Crippen LogP contribution is 2.16. The van der Waals surface area contributed by atoms with Crippen LogP contribution < -0.4 is 5.32 Å². The molecule has 1 heterocycles. The predicted octanol–water partition coefficient (Wildman–Crippen LogP) is 0.599. The Morgan fingerprint density at radius 3 is 3.00 bits per heavy atom. The first-order chi connectivity index (χ1) is 4.88. The van der Waals surface area contributed by atoms with E-state index in [2.05, 4.69) is 11.6 Å². The minimum Gasteiger partial charge on any atom is -0.380 e. The highest BCUT2D eigenvalue weighted by molar-refractivity contribution is 7.98. The first-order valence-electron chi connectivity index (χ1n) is 3.53. The number of ether oxygens (including phenoxy) is 1. The fourth-order valence-electron chi connectivity index (χ4n) is 1.28. The largest absolute Gasteiger partial charge is 0.380 e. The third-order valence-electron chi connectivity index (χ3n) is 1.88. The van der Waals surface area contributed by atoms with Gasteiger partial charge in [-0.1, -0.05) is 0 Å². The second-order valence-electron chi connectivity index (χ2n) is 2.58. The first-order valence-corrected chi connectivity index (χ1v) is 4.93. The Morgan fingerprint density at radius 1 is 1.60 bits per heavy atom. The van der Waals surface area contributed by atoms with E-state index < -0.39 is 0 Å². The smallest absolute Gasteiger partial charge is 0.0761 e. The van der Waals surface area contributed by atoms with Gasteiger partial charge in [0.25, 0.3) is 0 Å². The van der Waals surface area contributed by atoms with Gasteiger partial charge in [0.1, 0.15) is 0 Å². The van der Waals surface area contributed by atoms with Gasteiger partial charge < -0.3 is 4.74 Å². The summed E-state index contributed by atoms with van der Waals surface area (Å²) >= 11 is 1.88. The second kappa shape index (κ2) is 4.21. The molecule has 0 saturated carbocycles. The number of nitrogens with zero attached hydrogens (tertiary/aromatic N) is 1. The number of methoxy groups -OCH3 is 1. The van der Waals surface area contributed by atoms with Crippen molar-refractivity contribution < 1.29 is 4.74 Å². The van der Waals surface area contributed by atoms with Crippen LogP contribution in [0.1, 0.15) is 0 Å². The van der Waals surface area contributed by atoms with Crippen LogP contribution in [-0.2, 0) is 4.74 Å². The van der Waals surface area contributed by atoms with Crippen molar-refractivity contribution in [1.29, 1.82) is 0 Å². The van der Waals surface area contributed by atoms with E-state index in [9.17, 15) is 0 Å². The molecular formula is C7H14NOS. The normalized spacial score (nSPS) is 33.0. The van der Waals surface area contributed by atoms with Crippen LogP contribution in [0.3, 0.4) is 0 Å². The van der Waals surface area contributed by atoms with Crippen LogP contribution in [0.4, 0.5) is 0 Å². The van der Waals surface area contributed by atoms with Crippen molar-refractivity contribution in [1.82, 2.24) is 5.32 Å². The summed E-state index contributed by atoms with van der Waals surface area (Å²) in [6.45, 7) is 1.90. The van der Waals surface area contributed by atoms with Crippen molar-refractivity contribution in [2.75, 3.05) is 32.2 Å². The molecule has 0 spiro atoms. The molecule has 2 unspecified atom stereocenters. The Bertz CT molecular complexity index is 99.6. The Kier molecular flexibility index (Phi) is 3.52. The second-order valence-corrected chi connectivity index (χ2v) is 3.49. The Hall–Kier alpha value is 0.270. The summed E-state index contributed by atoms with van der Waals surface area (Å²) in [6.07, 6.45) is 2.53. The Balaban J connectivity index is 2.27. The van der Waals surface area contributed by atoms with Crippen LogP contribution in [0.2, 0.25) is 0 Å². The van der Waals surface area contributed by atoms with Crippen molar-refractivity contribution in [3.63, 3.8) is 0 Å². The molecule has 3 heteroatoms. The molecule has 2 atom stereocenters. The lowest BCUT2D eigenvalue weighted by Crippen LogP contribution is -2.22. The molecular weight excluding hydrogens is 146 g/mol. The summed E-state index contributed by atoms with van der Waals surface area (Å²) < 4.78 is 5.27. The summed E-state index contributed by atoms with van der Waals surface area (Å²) in [7, 11) is 1.78. The predicted molar refractivity (Wildman–Crippen MR) is 44.5 cm³/mol. The lowest BCUT2D eigenvalue weighted by atomic mass is 10.1. The zero-order chi connectivity index (χ0) is 7.40. The molecule has 10 heavy (non-hydrogen) atoms. The molecule has 0 amide bonds. The highest BCUT2D eigenvalue weighted by Gasteiger charge is 2.26. The quantitative estimate of drug-likeness (QED) is 0.603. The average Bonchev–Trinajstić information content (AvgIpc) is 2.36. The molecule has 1 saturated heterocycles. The van der Waals surface area contributed by atoms with E-state index in [0.29, 0.717) is 12.0 Å². The fraction of sp³-hybridized carbons (Fsp3) is 1.00. The van der Waals surface area contributed by atoms with Gasteiger partial charge in [0, 0.05) is 26.1 Å². The Morgan fingerprint density at radius 2 is 2.40 bits per heavy atom. The zero-order valence-corrected chi connectivity index (χ0v) is 7.36. The van der Waals surface area contributed by atoms with E-state index in [1.807, 2.05) is 11.8 Å². The molecule has 2 nitrogen and oxygen atoms in total. The molecule has 0 N–H and O–H groups in total. The zero-order valence-electron chi connectivity index (χ0n) is 6.54. The van der Waals surface area contributed by atoms with Crippen LogP contribution in [0, 0.1) is 5.92 Å². The van der Waals surface area contributed by atoms with Gasteiger partial charge in [-0.3, -0.25) is 0 Å². The summed E-state index contributed by atoms with van der Waals surface area (Å²) in [4.78, 5) is 0. The number of thioether (sulfide) groups is 1. The Labute approximate surface area is 66.7 Å². The van der Waals surface area contributed by atoms with Gasteiger partial charge in [0.2, 0.25) is 0 Å². The van der Waals surface area contributed by atoms with Gasteiger partial charge in [-0.2, -0.15) is 11.8 Å². The molecule has 1 radical (unpaired) electrons. The van der Waals surface area contributed by atoms with Gasteiger partial charge in [0.15, 0.2) is 0 Å². The van der Waals surface area contributed by atoms with E-state index >= 15 is 0 Å². The average molecular weight is 160 g/mol. The van der Waals surface area contributed by atoms with E-state index in [-0.39, 0.29) is 0 Å². The maximum Gasteiger partial charge on any atom is 0.0761 e. The topological polar surface area (TPSA) is 23.3 Å². The summed E-state index contributed by atoms with van der Waals surface area (Å²) in [5.41, 5.74) is 0.